The number of nitrogens with one attached hydrogen (secondary N) is 1. The Morgan fingerprint density at radius 3 is 2.27 bits per heavy atom. The lowest BCUT2D eigenvalue weighted by atomic mass is 10.0. The molecule has 1 saturated heterocycles. The second-order valence-corrected chi connectivity index (χ2v) is 12.3. The zero-order valence-electron chi connectivity index (χ0n) is 28.0. The summed E-state index contributed by atoms with van der Waals surface area (Å²) in [5.41, 5.74) is 15.9. The minimum atomic E-state index is -0.690. The molecule has 264 valence electrons. The fourth-order valence-corrected chi connectivity index (χ4v) is 5.86. The molecule has 1 aromatic heterocycles. The lowest BCUT2D eigenvalue weighted by molar-refractivity contribution is -0.135. The average Bonchev–Trinajstić information content (AvgIpc) is 3.31. The molecule has 1 aliphatic heterocycles. The summed E-state index contributed by atoms with van der Waals surface area (Å²) < 4.78 is 20.6. The van der Waals surface area contributed by atoms with Crippen molar-refractivity contribution in [3.63, 3.8) is 0 Å². The predicted octanol–water partition coefficient (Wildman–Crippen LogP) is 3.23. The molecule has 2 heterocycles. The van der Waals surface area contributed by atoms with Crippen LogP contribution in [0.2, 0.25) is 0 Å². The van der Waals surface area contributed by atoms with E-state index in [2.05, 4.69) is 29.6 Å². The molecule has 0 bridgehead atoms. The maximum atomic E-state index is 13.1. The summed E-state index contributed by atoms with van der Waals surface area (Å²) in [6.45, 7) is 4.93. The summed E-state index contributed by atoms with van der Waals surface area (Å²) >= 11 is 0. The number of rotatable bonds is 20. The molecular formula is C35H50ClN5O7. The number of benzene rings is 2. The van der Waals surface area contributed by atoms with Crippen molar-refractivity contribution in [2.75, 3.05) is 26.4 Å². The lowest BCUT2D eigenvalue weighted by Gasteiger charge is -2.21. The van der Waals surface area contributed by atoms with E-state index in [0.29, 0.717) is 51.4 Å². The first-order valence-electron chi connectivity index (χ1n) is 16.6. The highest BCUT2D eigenvalue weighted by atomic mass is 35.5. The number of amides is 3. The lowest BCUT2D eigenvalue weighted by Crippen LogP contribution is -2.44. The smallest absolute Gasteiger partial charge is 0.329 e. The molecule has 3 atom stereocenters. The number of imide groups is 1. The molecule has 2 aromatic carbocycles. The molecule has 4 rings (SSSR count). The first-order valence-corrected chi connectivity index (χ1v) is 16.6. The Hall–Kier alpha value is -3.55. The van der Waals surface area contributed by atoms with Gasteiger partial charge in [-0.1, -0.05) is 36.4 Å². The zero-order chi connectivity index (χ0) is 33.8. The standard InChI is InChI=1S/C35H49N5O7.ClH/c1-24(28(36)15-17-31(37)41)47-23-26-13-11-25(12-14-26)7-4-19-45-21-6-22-46-20-5-9-27-8-3-10-29-33(27)39(2)35(44)40(29)30-16-18-32(42)38-34(30)43;/h3,8,10-14,24,28,30H,4-7,9,15-23,36H2,1-2H3,(H2,37,41)(H,38,42,43);1H/t24-,28+,30?;/m1./s1. The number of hydrogen-bond acceptors (Lipinski definition) is 8. The van der Waals surface area contributed by atoms with Crippen LogP contribution in [0.3, 0.4) is 0 Å². The van der Waals surface area contributed by atoms with E-state index in [0.717, 1.165) is 48.7 Å². The van der Waals surface area contributed by atoms with E-state index < -0.39 is 11.9 Å². The number of aryl methyl sites for hydroxylation is 3. The SMILES string of the molecule is C[C@@H](OCc1ccc(CCCOCCCOCCCc2cccc3c2n(C)c(=O)n3C2CCC(=O)NC2=O)cc1)[C@@H](N)CCC(N)=O.Cl. The molecule has 12 nitrogen and oxygen atoms in total. The van der Waals surface area contributed by atoms with Crippen molar-refractivity contribution >= 4 is 41.2 Å². The van der Waals surface area contributed by atoms with Crippen molar-refractivity contribution in [1.29, 1.82) is 0 Å². The van der Waals surface area contributed by atoms with Gasteiger partial charge in [0.15, 0.2) is 0 Å². The molecule has 5 N–H and O–H groups in total. The highest BCUT2D eigenvalue weighted by molar-refractivity contribution is 6.00. The van der Waals surface area contributed by atoms with E-state index in [4.69, 9.17) is 25.7 Å². The molecule has 0 aliphatic carbocycles. The molecule has 0 spiro atoms. The number of ether oxygens (including phenoxy) is 3. The quantitative estimate of drug-likeness (QED) is 0.120. The van der Waals surface area contributed by atoms with Crippen LogP contribution in [0.15, 0.2) is 47.3 Å². The van der Waals surface area contributed by atoms with Crippen molar-refractivity contribution in [2.24, 2.45) is 18.5 Å². The third-order valence-corrected chi connectivity index (χ3v) is 8.64. The Balaban J connectivity index is 0.00000625. The van der Waals surface area contributed by atoms with Gasteiger partial charge in [0.1, 0.15) is 6.04 Å². The van der Waals surface area contributed by atoms with Crippen molar-refractivity contribution in [1.82, 2.24) is 14.5 Å². The Morgan fingerprint density at radius 2 is 1.60 bits per heavy atom. The monoisotopic (exact) mass is 687 g/mol. The summed E-state index contributed by atoms with van der Waals surface area (Å²) in [7, 11) is 1.72. The zero-order valence-corrected chi connectivity index (χ0v) is 28.8. The van der Waals surface area contributed by atoms with Crippen molar-refractivity contribution < 1.29 is 28.6 Å². The number of imidazole rings is 1. The van der Waals surface area contributed by atoms with Gasteiger partial charge in [-0.25, -0.2) is 4.79 Å². The summed E-state index contributed by atoms with van der Waals surface area (Å²) in [6, 6.07) is 13.2. The topological polar surface area (TPSA) is 170 Å². The first kappa shape index (κ1) is 38.9. The Morgan fingerprint density at radius 1 is 0.958 bits per heavy atom. The fraction of sp³-hybridized carbons (Fsp3) is 0.543. The van der Waals surface area contributed by atoms with Gasteiger partial charge in [0, 0.05) is 52.4 Å². The number of fused-ring (bicyclic) bond motifs is 1. The third-order valence-electron chi connectivity index (χ3n) is 8.64. The van der Waals surface area contributed by atoms with Gasteiger partial charge in [0.25, 0.3) is 0 Å². The average molecular weight is 688 g/mol. The Bertz CT molecular complexity index is 1560. The number of halogens is 1. The van der Waals surface area contributed by atoms with Crippen LogP contribution in [0.25, 0.3) is 11.0 Å². The van der Waals surface area contributed by atoms with Gasteiger partial charge in [-0.15, -0.1) is 12.4 Å². The van der Waals surface area contributed by atoms with E-state index in [1.165, 1.54) is 10.1 Å². The van der Waals surface area contributed by atoms with Crippen LogP contribution in [0.5, 0.6) is 0 Å². The number of carbonyl (C=O) groups is 3. The number of hydrogen-bond donors (Lipinski definition) is 3. The molecule has 3 amide bonds. The number of aromatic nitrogens is 2. The fourth-order valence-electron chi connectivity index (χ4n) is 5.86. The first-order chi connectivity index (χ1) is 22.7. The normalized spacial score (nSPS) is 16.0. The number of nitrogens with two attached hydrogens (primary N) is 2. The minimum absolute atomic E-state index is 0. The van der Waals surface area contributed by atoms with Gasteiger partial charge in [0.2, 0.25) is 17.7 Å². The molecule has 1 fully saturated rings. The van der Waals surface area contributed by atoms with Gasteiger partial charge in [-0.05, 0) is 74.6 Å². The number of para-hydroxylation sites is 1. The molecule has 0 radical (unpaired) electrons. The van der Waals surface area contributed by atoms with Crippen LogP contribution < -0.4 is 22.5 Å². The molecule has 0 saturated carbocycles. The minimum Gasteiger partial charge on any atom is -0.381 e. The molecular weight excluding hydrogens is 638 g/mol. The van der Waals surface area contributed by atoms with Crippen molar-refractivity contribution in [2.45, 2.75) is 89.5 Å². The maximum absolute atomic E-state index is 13.1. The van der Waals surface area contributed by atoms with Gasteiger partial charge in [0.05, 0.1) is 23.7 Å². The molecule has 3 aromatic rings. The summed E-state index contributed by atoms with van der Waals surface area (Å²) in [5.74, 6) is -1.09. The van der Waals surface area contributed by atoms with Gasteiger partial charge in [-0.2, -0.15) is 0 Å². The van der Waals surface area contributed by atoms with Crippen LogP contribution in [-0.2, 0) is 55.1 Å². The highest BCUT2D eigenvalue weighted by Gasteiger charge is 2.31. The van der Waals surface area contributed by atoms with Crippen LogP contribution in [0, 0.1) is 0 Å². The number of piperidine rings is 1. The van der Waals surface area contributed by atoms with Gasteiger partial charge in [-0.3, -0.25) is 28.8 Å². The van der Waals surface area contributed by atoms with Crippen molar-refractivity contribution in [3.8, 4) is 0 Å². The molecule has 1 aliphatic rings. The Kier molecular flexibility index (Phi) is 15.8. The summed E-state index contributed by atoms with van der Waals surface area (Å²) in [5, 5.41) is 2.35. The van der Waals surface area contributed by atoms with Crippen LogP contribution >= 0.6 is 12.4 Å². The largest absolute Gasteiger partial charge is 0.381 e. The van der Waals surface area contributed by atoms with E-state index >= 15 is 0 Å². The second kappa shape index (κ2) is 19.4. The van der Waals surface area contributed by atoms with Crippen LogP contribution in [-0.4, -0.2) is 65.4 Å². The third kappa shape index (κ3) is 11.0. The number of nitrogens with zero attached hydrogens (tertiary/aromatic N) is 2. The second-order valence-electron chi connectivity index (χ2n) is 12.3. The predicted molar refractivity (Wildman–Crippen MR) is 186 cm³/mol. The maximum Gasteiger partial charge on any atom is 0.329 e. The Labute approximate surface area is 287 Å². The van der Waals surface area contributed by atoms with Crippen LogP contribution in [0.1, 0.15) is 74.6 Å². The van der Waals surface area contributed by atoms with Gasteiger partial charge < -0.3 is 25.7 Å². The number of primary amides is 1. The van der Waals surface area contributed by atoms with E-state index in [-0.39, 0.29) is 54.9 Å². The molecule has 48 heavy (non-hydrogen) atoms. The van der Waals surface area contributed by atoms with E-state index in [1.807, 2.05) is 25.1 Å². The molecule has 13 heteroatoms. The highest BCUT2D eigenvalue weighted by Crippen LogP contribution is 2.25. The van der Waals surface area contributed by atoms with Crippen LogP contribution in [0.4, 0.5) is 0 Å². The van der Waals surface area contributed by atoms with Crippen molar-refractivity contribution in [3.05, 3.63) is 69.6 Å². The van der Waals surface area contributed by atoms with Gasteiger partial charge >= 0.3 is 5.69 Å². The summed E-state index contributed by atoms with van der Waals surface area (Å²) in [4.78, 5) is 48.1. The summed E-state index contributed by atoms with van der Waals surface area (Å²) in [6.07, 6.45) is 5.36. The van der Waals surface area contributed by atoms with E-state index in [9.17, 15) is 19.2 Å². The number of carbonyl (C=O) groups excluding carboxylic acids is 3. The van der Waals surface area contributed by atoms with E-state index in [1.54, 1.807) is 11.6 Å². The molecule has 1 unspecified atom stereocenters.